The van der Waals surface area contributed by atoms with Crippen molar-refractivity contribution in [2.75, 3.05) is 11.0 Å². The van der Waals surface area contributed by atoms with Crippen LogP contribution in [0.1, 0.15) is 29.2 Å². The monoisotopic (exact) mass is 487 g/mol. The van der Waals surface area contributed by atoms with E-state index in [1.54, 1.807) is 61.5 Å². The van der Waals surface area contributed by atoms with Gasteiger partial charge in [-0.3, -0.25) is 4.72 Å². The predicted molar refractivity (Wildman–Crippen MR) is 125 cm³/mol. The Morgan fingerprint density at radius 2 is 1.67 bits per heavy atom. The van der Waals surface area contributed by atoms with Crippen molar-refractivity contribution in [3.63, 3.8) is 0 Å². The van der Waals surface area contributed by atoms with Crippen LogP contribution in [-0.2, 0) is 20.0 Å². The second kappa shape index (κ2) is 8.60. The van der Waals surface area contributed by atoms with Gasteiger partial charge in [-0.1, -0.05) is 48.5 Å². The third-order valence-electron chi connectivity index (χ3n) is 5.25. The summed E-state index contributed by atoms with van der Waals surface area (Å²) in [6, 6.07) is 18.1. The minimum atomic E-state index is -4.10. The summed E-state index contributed by atoms with van der Waals surface area (Å²) < 4.78 is 68.5. The van der Waals surface area contributed by atoms with E-state index in [9.17, 15) is 21.2 Å². The molecule has 1 heterocycles. The van der Waals surface area contributed by atoms with Gasteiger partial charge in [0, 0.05) is 17.7 Å². The molecule has 0 amide bonds. The number of hydrazone groups is 1. The van der Waals surface area contributed by atoms with Crippen LogP contribution < -0.4 is 4.72 Å². The molecule has 3 aromatic carbocycles. The number of halogens is 1. The molecule has 0 fully saturated rings. The fourth-order valence-electron chi connectivity index (χ4n) is 3.78. The lowest BCUT2D eigenvalue weighted by atomic mass is 9.98. The Labute approximate surface area is 192 Å². The topological polar surface area (TPSA) is 95.9 Å². The summed E-state index contributed by atoms with van der Waals surface area (Å²) in [5, 5.41) is 4.40. The molecule has 7 nitrogen and oxygen atoms in total. The van der Waals surface area contributed by atoms with Crippen LogP contribution in [0.3, 0.4) is 0 Å². The summed E-state index contributed by atoms with van der Waals surface area (Å²) in [6.45, 7) is 1.69. The fraction of sp³-hybridized carbons (Fsp3) is 0.174. The molecule has 0 bridgehead atoms. The minimum Gasteiger partial charge on any atom is -0.284 e. The standard InChI is InChI=1S/C23H22FN3O4S2/c1-16-8-3-6-13-23(16)33(30,31)27-22(19-11-4-5-12-20(19)24)15-21(25-27)17-9-7-10-18(14-17)26-32(2,28)29/h3-14,22,26H,15H2,1-2H3/t22-/m1/s1. The quantitative estimate of drug-likeness (QED) is 0.568. The lowest BCUT2D eigenvalue weighted by molar-refractivity contribution is 0.362. The molecule has 172 valence electrons. The van der Waals surface area contributed by atoms with Crippen molar-refractivity contribution < 1.29 is 21.2 Å². The number of sulfonamides is 2. The fourth-order valence-corrected chi connectivity index (χ4v) is 6.00. The lowest BCUT2D eigenvalue weighted by Crippen LogP contribution is -2.28. The number of nitrogens with one attached hydrogen (secondary N) is 1. The Kier molecular flexibility index (Phi) is 5.98. The van der Waals surface area contributed by atoms with Gasteiger partial charge in [0.2, 0.25) is 10.0 Å². The highest BCUT2D eigenvalue weighted by molar-refractivity contribution is 7.92. The van der Waals surface area contributed by atoms with Crippen molar-refractivity contribution in [1.29, 1.82) is 0 Å². The van der Waals surface area contributed by atoms with Crippen molar-refractivity contribution >= 4 is 31.4 Å². The van der Waals surface area contributed by atoms with E-state index in [-0.39, 0.29) is 16.9 Å². The van der Waals surface area contributed by atoms with Crippen LogP contribution in [0.2, 0.25) is 0 Å². The van der Waals surface area contributed by atoms with Gasteiger partial charge in [0.15, 0.2) is 0 Å². The third kappa shape index (κ3) is 4.76. The van der Waals surface area contributed by atoms with E-state index in [2.05, 4.69) is 9.82 Å². The molecule has 1 N–H and O–H groups in total. The van der Waals surface area contributed by atoms with Crippen LogP contribution in [0.15, 0.2) is 82.8 Å². The van der Waals surface area contributed by atoms with Crippen LogP contribution in [0.25, 0.3) is 0 Å². The lowest BCUT2D eigenvalue weighted by Gasteiger charge is -2.24. The smallest absolute Gasteiger partial charge is 0.279 e. The average molecular weight is 488 g/mol. The van der Waals surface area contributed by atoms with Gasteiger partial charge in [-0.25, -0.2) is 12.8 Å². The predicted octanol–water partition coefficient (Wildman–Crippen LogP) is 4.05. The maximum atomic E-state index is 14.7. The molecule has 0 aromatic heterocycles. The van der Waals surface area contributed by atoms with Crippen molar-refractivity contribution in [3.8, 4) is 0 Å². The first-order chi connectivity index (χ1) is 15.6. The Morgan fingerprint density at radius 3 is 2.36 bits per heavy atom. The van der Waals surface area contributed by atoms with Crippen molar-refractivity contribution in [2.24, 2.45) is 5.10 Å². The van der Waals surface area contributed by atoms with E-state index in [0.717, 1.165) is 10.7 Å². The highest BCUT2D eigenvalue weighted by Gasteiger charge is 2.39. The Morgan fingerprint density at radius 1 is 0.970 bits per heavy atom. The van der Waals surface area contributed by atoms with Gasteiger partial charge in [0.25, 0.3) is 10.0 Å². The van der Waals surface area contributed by atoms with Crippen molar-refractivity contribution in [3.05, 3.63) is 95.3 Å². The first-order valence-electron chi connectivity index (χ1n) is 10.1. The van der Waals surface area contributed by atoms with Gasteiger partial charge in [-0.05, 0) is 42.3 Å². The van der Waals surface area contributed by atoms with Gasteiger partial charge >= 0.3 is 0 Å². The van der Waals surface area contributed by atoms with Gasteiger partial charge in [0.1, 0.15) is 5.82 Å². The van der Waals surface area contributed by atoms with E-state index in [4.69, 9.17) is 0 Å². The molecule has 0 radical (unpaired) electrons. The Balaban J connectivity index is 1.82. The average Bonchev–Trinajstić information content (AvgIpc) is 3.19. The molecular formula is C23H22FN3O4S2. The molecule has 33 heavy (non-hydrogen) atoms. The van der Waals surface area contributed by atoms with Crippen LogP contribution in [0.4, 0.5) is 10.1 Å². The SMILES string of the molecule is Cc1ccccc1S(=O)(=O)N1N=C(c2cccc(NS(C)(=O)=O)c2)C[C@@H]1c1ccccc1F. The van der Waals surface area contributed by atoms with E-state index in [1.807, 2.05) is 0 Å². The zero-order chi connectivity index (χ0) is 23.8. The second-order valence-electron chi connectivity index (χ2n) is 7.79. The van der Waals surface area contributed by atoms with Gasteiger partial charge in [-0.2, -0.15) is 17.9 Å². The zero-order valence-electron chi connectivity index (χ0n) is 17.9. The summed E-state index contributed by atoms with van der Waals surface area (Å²) in [5.41, 5.74) is 2.01. The molecule has 0 saturated heterocycles. The van der Waals surface area contributed by atoms with Gasteiger partial charge < -0.3 is 0 Å². The number of anilines is 1. The molecule has 1 atom stereocenters. The first-order valence-corrected chi connectivity index (χ1v) is 13.4. The van der Waals surface area contributed by atoms with Crippen LogP contribution in [0.5, 0.6) is 0 Å². The number of aryl methyl sites for hydroxylation is 1. The maximum Gasteiger partial charge on any atom is 0.279 e. The maximum absolute atomic E-state index is 14.7. The molecule has 10 heteroatoms. The summed E-state index contributed by atoms with van der Waals surface area (Å²) in [7, 11) is -7.59. The molecule has 1 aliphatic heterocycles. The summed E-state index contributed by atoms with van der Waals surface area (Å²) >= 11 is 0. The summed E-state index contributed by atoms with van der Waals surface area (Å²) in [4.78, 5) is 0.0869. The molecule has 4 rings (SSSR count). The highest BCUT2D eigenvalue weighted by Crippen LogP contribution is 2.38. The normalized spacial score (nSPS) is 16.5. The molecule has 0 aliphatic carbocycles. The first kappa shape index (κ1) is 22.9. The number of benzene rings is 3. The molecule has 1 aliphatic rings. The molecule has 3 aromatic rings. The second-order valence-corrected chi connectivity index (χ2v) is 11.3. The Hall–Kier alpha value is -3.24. The Bertz CT molecular complexity index is 1450. The number of rotatable bonds is 6. The van der Waals surface area contributed by atoms with Crippen molar-refractivity contribution in [1.82, 2.24) is 4.41 Å². The number of hydrogen-bond donors (Lipinski definition) is 1. The zero-order valence-corrected chi connectivity index (χ0v) is 19.6. The summed E-state index contributed by atoms with van der Waals surface area (Å²) in [5.74, 6) is -0.531. The highest BCUT2D eigenvalue weighted by atomic mass is 32.2. The van der Waals surface area contributed by atoms with E-state index >= 15 is 0 Å². The van der Waals surface area contributed by atoms with Gasteiger partial charge in [0.05, 0.1) is 22.9 Å². The summed E-state index contributed by atoms with van der Waals surface area (Å²) in [6.07, 6.45) is 1.16. The van der Waals surface area contributed by atoms with Gasteiger partial charge in [-0.15, -0.1) is 0 Å². The van der Waals surface area contributed by atoms with Crippen LogP contribution in [-0.4, -0.2) is 33.2 Å². The largest absolute Gasteiger partial charge is 0.284 e. The third-order valence-corrected chi connectivity index (χ3v) is 7.70. The molecule has 0 spiro atoms. The van der Waals surface area contributed by atoms with Crippen LogP contribution >= 0.6 is 0 Å². The molecular weight excluding hydrogens is 465 g/mol. The van der Waals surface area contributed by atoms with E-state index in [1.165, 1.54) is 18.2 Å². The number of nitrogens with zero attached hydrogens (tertiary/aromatic N) is 2. The number of hydrogen-bond acceptors (Lipinski definition) is 5. The minimum absolute atomic E-state index is 0.0869. The molecule has 0 saturated carbocycles. The van der Waals surface area contributed by atoms with E-state index < -0.39 is 31.9 Å². The molecule has 0 unspecified atom stereocenters. The van der Waals surface area contributed by atoms with Crippen molar-refractivity contribution in [2.45, 2.75) is 24.3 Å². The van der Waals surface area contributed by atoms with E-state index in [0.29, 0.717) is 22.5 Å². The van der Waals surface area contributed by atoms with Crippen LogP contribution in [0, 0.1) is 12.7 Å².